The molecule has 5 aliphatic carbocycles. The number of methoxy groups -OCH3 is 3. The van der Waals surface area contributed by atoms with Gasteiger partial charge in [-0.3, -0.25) is 9.69 Å². The number of carbonyl (C=O) groups excluding carboxylic acids is 1. The van der Waals surface area contributed by atoms with Crippen LogP contribution in [0.2, 0.25) is 0 Å². The Hall–Kier alpha value is -0.810. The van der Waals surface area contributed by atoms with Crippen LogP contribution in [-0.2, 0) is 23.7 Å². The van der Waals surface area contributed by atoms with E-state index in [-0.39, 0.29) is 35.7 Å². The highest BCUT2D eigenvalue weighted by Crippen LogP contribution is 2.80. The van der Waals surface area contributed by atoms with Crippen LogP contribution in [0.25, 0.3) is 0 Å². The predicted molar refractivity (Wildman–Crippen MR) is 128 cm³/mol. The summed E-state index contributed by atoms with van der Waals surface area (Å²) >= 11 is 0. The first-order valence-electron chi connectivity index (χ1n) is 13.7. The lowest BCUT2D eigenvalue weighted by molar-refractivity contribution is -0.318. The smallest absolute Gasteiger partial charge is 0.302 e. The van der Waals surface area contributed by atoms with Gasteiger partial charge in [-0.2, -0.15) is 0 Å². The standard InChI is InChI=1S/C27H43NO8/c1-6-9-28-12-24(13-33-3)8-7-18(30)26-16-10-15-17(34-4)11-25(31,19(16)20(15)36-14(2)29)27(32,23(26)28)22(35-5)21(24)26/h15-23,30-32H,6-13H2,1-5H3. The van der Waals surface area contributed by atoms with E-state index in [1.807, 2.05) is 0 Å². The predicted octanol–water partition coefficient (Wildman–Crippen LogP) is 0.578. The molecule has 1 heterocycles. The molecule has 0 radical (unpaired) electrons. The van der Waals surface area contributed by atoms with Crippen molar-refractivity contribution in [3.05, 3.63) is 0 Å². The Labute approximate surface area is 213 Å². The molecule has 36 heavy (non-hydrogen) atoms. The zero-order chi connectivity index (χ0) is 25.8. The molecule has 9 nitrogen and oxygen atoms in total. The molecule has 1 spiro atoms. The second-order valence-corrected chi connectivity index (χ2v) is 12.7. The molecular weight excluding hydrogens is 466 g/mol. The molecule has 6 aliphatic rings. The lowest BCUT2D eigenvalue weighted by Gasteiger charge is -2.69. The Kier molecular flexibility index (Phi) is 5.73. The van der Waals surface area contributed by atoms with Gasteiger partial charge in [0.25, 0.3) is 0 Å². The fourth-order valence-corrected chi connectivity index (χ4v) is 11.2. The largest absolute Gasteiger partial charge is 0.462 e. The summed E-state index contributed by atoms with van der Waals surface area (Å²) in [6.45, 7) is 5.50. The Bertz CT molecular complexity index is 918. The normalized spacial score (nSPS) is 56.6. The topological polar surface area (TPSA) is 118 Å². The molecule has 0 amide bonds. The Morgan fingerprint density at radius 1 is 1.17 bits per heavy atom. The summed E-state index contributed by atoms with van der Waals surface area (Å²) in [7, 11) is 4.95. The highest BCUT2D eigenvalue weighted by atomic mass is 16.6. The molecule has 9 heteroatoms. The molecule has 1 saturated heterocycles. The molecule has 7 bridgehead atoms. The van der Waals surface area contributed by atoms with Crippen molar-refractivity contribution in [3.63, 3.8) is 0 Å². The van der Waals surface area contributed by atoms with E-state index in [1.54, 1.807) is 21.3 Å². The maximum Gasteiger partial charge on any atom is 0.302 e. The first-order valence-corrected chi connectivity index (χ1v) is 13.7. The van der Waals surface area contributed by atoms with Crippen molar-refractivity contribution in [2.45, 2.75) is 87.6 Å². The third-order valence-corrected chi connectivity index (χ3v) is 11.6. The summed E-state index contributed by atoms with van der Waals surface area (Å²) in [5, 5.41) is 38.0. The fraction of sp³-hybridized carbons (Fsp3) is 0.963. The van der Waals surface area contributed by atoms with E-state index in [0.717, 1.165) is 25.9 Å². The number of esters is 1. The van der Waals surface area contributed by atoms with E-state index in [9.17, 15) is 20.1 Å². The number of ether oxygens (including phenoxy) is 4. The maximum absolute atomic E-state index is 13.1. The van der Waals surface area contributed by atoms with Gasteiger partial charge in [-0.25, -0.2) is 0 Å². The van der Waals surface area contributed by atoms with Crippen molar-refractivity contribution in [1.82, 2.24) is 4.90 Å². The minimum Gasteiger partial charge on any atom is -0.462 e. The first kappa shape index (κ1) is 25.5. The molecule has 6 rings (SSSR count). The molecule has 6 fully saturated rings. The fourth-order valence-electron chi connectivity index (χ4n) is 11.2. The lowest BCUT2D eigenvalue weighted by Crippen LogP contribution is -2.82. The van der Waals surface area contributed by atoms with Gasteiger partial charge in [-0.05, 0) is 38.1 Å². The van der Waals surface area contributed by atoms with Crippen molar-refractivity contribution in [2.24, 2.45) is 34.5 Å². The van der Waals surface area contributed by atoms with Gasteiger partial charge in [0.15, 0.2) is 0 Å². The summed E-state index contributed by atoms with van der Waals surface area (Å²) in [6, 6.07) is -0.473. The van der Waals surface area contributed by atoms with Gasteiger partial charge < -0.3 is 34.3 Å². The number of aliphatic hydroxyl groups excluding tert-OH is 1. The number of hydrogen-bond donors (Lipinski definition) is 3. The average Bonchev–Trinajstić information content (AvgIpc) is 3.22. The van der Waals surface area contributed by atoms with Gasteiger partial charge in [-0.1, -0.05) is 6.92 Å². The van der Waals surface area contributed by atoms with E-state index in [4.69, 9.17) is 18.9 Å². The minimum atomic E-state index is -1.67. The van der Waals surface area contributed by atoms with Crippen LogP contribution in [0.15, 0.2) is 0 Å². The summed E-state index contributed by atoms with van der Waals surface area (Å²) in [5.41, 5.74) is -4.32. The van der Waals surface area contributed by atoms with E-state index < -0.39 is 52.9 Å². The van der Waals surface area contributed by atoms with Gasteiger partial charge in [0.05, 0.1) is 31.0 Å². The molecule has 0 aromatic heterocycles. The molecule has 1 aliphatic heterocycles. The van der Waals surface area contributed by atoms with Crippen LogP contribution in [0.5, 0.6) is 0 Å². The highest BCUT2D eigenvalue weighted by molar-refractivity contribution is 5.66. The summed E-state index contributed by atoms with van der Waals surface area (Å²) < 4.78 is 23.9. The van der Waals surface area contributed by atoms with Gasteiger partial charge in [0.1, 0.15) is 17.3 Å². The number of carbonyl (C=O) groups is 1. The SMILES string of the molecule is CCCN1CC2(COC)CCC(O)C34C5CC6C(OC)CC(O)(C5C6OC(C)=O)C(O)(C(OC)C23)C14. The first-order chi connectivity index (χ1) is 17.1. The maximum atomic E-state index is 13.1. The second kappa shape index (κ2) is 8.10. The minimum absolute atomic E-state index is 0.0983. The van der Waals surface area contributed by atoms with Crippen LogP contribution in [-0.4, -0.2) is 109 Å². The quantitative estimate of drug-likeness (QED) is 0.424. The van der Waals surface area contributed by atoms with Crippen molar-refractivity contribution in [3.8, 4) is 0 Å². The second-order valence-electron chi connectivity index (χ2n) is 12.7. The van der Waals surface area contributed by atoms with Crippen molar-refractivity contribution >= 4 is 5.97 Å². The van der Waals surface area contributed by atoms with Crippen LogP contribution in [0.4, 0.5) is 0 Å². The number of nitrogens with zero attached hydrogens (tertiary/aromatic N) is 1. The van der Waals surface area contributed by atoms with Gasteiger partial charge >= 0.3 is 5.97 Å². The molecular formula is C27H43NO8. The van der Waals surface area contributed by atoms with Crippen LogP contribution < -0.4 is 0 Å². The zero-order valence-electron chi connectivity index (χ0n) is 22.2. The highest BCUT2D eigenvalue weighted by Gasteiger charge is 2.91. The molecule has 13 atom stereocenters. The van der Waals surface area contributed by atoms with Crippen LogP contribution in [0.1, 0.15) is 46.0 Å². The zero-order valence-corrected chi connectivity index (χ0v) is 22.2. The average molecular weight is 510 g/mol. The van der Waals surface area contributed by atoms with Crippen LogP contribution >= 0.6 is 0 Å². The Balaban J connectivity index is 1.65. The molecule has 3 N–H and O–H groups in total. The summed E-state index contributed by atoms with van der Waals surface area (Å²) in [6.07, 6.45) is 0.860. The molecule has 13 unspecified atom stereocenters. The summed E-state index contributed by atoms with van der Waals surface area (Å²) in [5.74, 6) is -1.35. The number of hydrogen-bond acceptors (Lipinski definition) is 9. The monoisotopic (exact) mass is 509 g/mol. The Morgan fingerprint density at radius 2 is 1.92 bits per heavy atom. The van der Waals surface area contributed by atoms with Gasteiger partial charge in [0.2, 0.25) is 0 Å². The van der Waals surface area contributed by atoms with Crippen molar-refractivity contribution < 1.29 is 39.1 Å². The van der Waals surface area contributed by atoms with Crippen molar-refractivity contribution in [2.75, 3.05) is 41.0 Å². The molecule has 0 aromatic carbocycles. The van der Waals surface area contributed by atoms with E-state index in [1.165, 1.54) is 6.92 Å². The van der Waals surface area contributed by atoms with E-state index >= 15 is 0 Å². The number of rotatable bonds is 7. The van der Waals surface area contributed by atoms with Crippen LogP contribution in [0.3, 0.4) is 0 Å². The third-order valence-electron chi connectivity index (χ3n) is 11.6. The third kappa shape index (κ3) is 2.59. The lowest BCUT2D eigenvalue weighted by atomic mass is 9.42. The summed E-state index contributed by atoms with van der Waals surface area (Å²) in [4.78, 5) is 14.6. The number of piperidine rings is 1. The molecule has 5 saturated carbocycles. The number of likely N-dealkylation sites (tertiary alicyclic amines) is 1. The number of aliphatic hydroxyl groups is 3. The Morgan fingerprint density at radius 3 is 2.53 bits per heavy atom. The van der Waals surface area contributed by atoms with Gasteiger partial charge in [0, 0.05) is 69.8 Å². The molecule has 204 valence electrons. The van der Waals surface area contributed by atoms with Crippen LogP contribution in [0, 0.1) is 34.5 Å². The van der Waals surface area contributed by atoms with Crippen molar-refractivity contribution in [1.29, 1.82) is 0 Å². The van der Waals surface area contributed by atoms with E-state index in [2.05, 4.69) is 11.8 Å². The van der Waals surface area contributed by atoms with Gasteiger partial charge in [-0.15, -0.1) is 0 Å². The number of fused-ring (bicyclic) bond motifs is 2. The molecule has 0 aromatic rings. The van der Waals surface area contributed by atoms with E-state index in [0.29, 0.717) is 19.4 Å².